The Labute approximate surface area is 100 Å². The molecule has 0 radical (unpaired) electrons. The van der Waals surface area contributed by atoms with Gasteiger partial charge in [0.2, 0.25) is 0 Å². The van der Waals surface area contributed by atoms with Gasteiger partial charge in [-0.3, -0.25) is 0 Å². The highest BCUT2D eigenvalue weighted by Gasteiger charge is 2.14. The standard InChI is InChI=1S/C11H18N4O2/c16-4-3-12-10-6-11(15-8-14-10)13-7-9-2-1-5-17-9/h6,8-9,16H,1-5,7H2,(H2,12,13,14,15). The van der Waals surface area contributed by atoms with Crippen LogP contribution in [0.5, 0.6) is 0 Å². The molecule has 17 heavy (non-hydrogen) atoms. The molecule has 1 aromatic heterocycles. The minimum atomic E-state index is 0.0860. The van der Waals surface area contributed by atoms with Crippen molar-refractivity contribution in [2.45, 2.75) is 18.9 Å². The highest BCUT2D eigenvalue weighted by molar-refractivity contribution is 5.46. The molecule has 1 fully saturated rings. The molecule has 3 N–H and O–H groups in total. The number of aliphatic hydroxyl groups excluding tert-OH is 1. The van der Waals surface area contributed by atoms with Crippen LogP contribution in [0, 0.1) is 0 Å². The molecule has 2 rings (SSSR count). The number of rotatable bonds is 6. The molecule has 0 spiro atoms. The van der Waals surface area contributed by atoms with Gasteiger partial charge in [-0.25, -0.2) is 9.97 Å². The summed E-state index contributed by atoms with van der Waals surface area (Å²) >= 11 is 0. The molecule has 0 saturated carbocycles. The molecule has 2 heterocycles. The Balaban J connectivity index is 1.82. The molecule has 0 aromatic carbocycles. The first-order valence-corrected chi connectivity index (χ1v) is 5.91. The largest absolute Gasteiger partial charge is 0.395 e. The van der Waals surface area contributed by atoms with E-state index >= 15 is 0 Å². The van der Waals surface area contributed by atoms with Gasteiger partial charge in [-0.15, -0.1) is 0 Å². The zero-order valence-electron chi connectivity index (χ0n) is 9.72. The van der Waals surface area contributed by atoms with Crippen LogP contribution < -0.4 is 10.6 Å². The van der Waals surface area contributed by atoms with Crippen molar-refractivity contribution in [2.75, 3.05) is 36.9 Å². The van der Waals surface area contributed by atoms with Crippen molar-refractivity contribution in [2.24, 2.45) is 0 Å². The number of aromatic nitrogens is 2. The van der Waals surface area contributed by atoms with Crippen LogP contribution in [0.25, 0.3) is 0 Å². The second-order valence-electron chi connectivity index (χ2n) is 3.95. The first kappa shape index (κ1) is 12.1. The van der Waals surface area contributed by atoms with Gasteiger partial charge in [-0.2, -0.15) is 0 Å². The Bertz CT molecular complexity index is 342. The van der Waals surface area contributed by atoms with Gasteiger partial charge in [0.05, 0.1) is 12.7 Å². The van der Waals surface area contributed by atoms with Crippen LogP contribution in [0.2, 0.25) is 0 Å². The lowest BCUT2D eigenvalue weighted by molar-refractivity contribution is 0.120. The van der Waals surface area contributed by atoms with Crippen LogP contribution in [0.15, 0.2) is 12.4 Å². The number of nitrogens with one attached hydrogen (secondary N) is 2. The topological polar surface area (TPSA) is 79.3 Å². The van der Waals surface area contributed by atoms with Gasteiger partial charge in [-0.1, -0.05) is 0 Å². The molecule has 1 unspecified atom stereocenters. The predicted octanol–water partition coefficient (Wildman–Crippen LogP) is 0.472. The van der Waals surface area contributed by atoms with Gasteiger partial charge in [0.15, 0.2) is 0 Å². The van der Waals surface area contributed by atoms with Crippen LogP contribution >= 0.6 is 0 Å². The van der Waals surface area contributed by atoms with Gasteiger partial charge in [0, 0.05) is 25.8 Å². The molecule has 94 valence electrons. The monoisotopic (exact) mass is 238 g/mol. The first-order chi connectivity index (χ1) is 8.38. The molecule has 0 aliphatic carbocycles. The van der Waals surface area contributed by atoms with E-state index in [4.69, 9.17) is 9.84 Å². The van der Waals surface area contributed by atoms with E-state index in [1.807, 2.05) is 6.07 Å². The van der Waals surface area contributed by atoms with E-state index in [0.29, 0.717) is 18.5 Å². The second-order valence-corrected chi connectivity index (χ2v) is 3.95. The maximum atomic E-state index is 8.71. The van der Waals surface area contributed by atoms with Crippen LogP contribution in [-0.4, -0.2) is 47.5 Å². The van der Waals surface area contributed by atoms with Crippen molar-refractivity contribution in [3.05, 3.63) is 12.4 Å². The Morgan fingerprint density at radius 1 is 1.35 bits per heavy atom. The maximum absolute atomic E-state index is 8.71. The average Bonchev–Trinajstić information content (AvgIpc) is 2.87. The molecule has 6 nitrogen and oxygen atoms in total. The summed E-state index contributed by atoms with van der Waals surface area (Å²) in [5.41, 5.74) is 0. The zero-order valence-corrected chi connectivity index (χ0v) is 9.72. The molecule has 0 amide bonds. The molecule has 1 aliphatic heterocycles. The summed E-state index contributed by atoms with van der Waals surface area (Å²) in [6, 6.07) is 1.82. The third kappa shape index (κ3) is 3.83. The fraction of sp³-hybridized carbons (Fsp3) is 0.636. The van der Waals surface area contributed by atoms with E-state index in [0.717, 1.165) is 31.8 Å². The summed E-state index contributed by atoms with van der Waals surface area (Å²) in [7, 11) is 0. The Morgan fingerprint density at radius 3 is 2.88 bits per heavy atom. The van der Waals surface area contributed by atoms with Crippen molar-refractivity contribution in [1.29, 1.82) is 0 Å². The quantitative estimate of drug-likeness (QED) is 0.668. The summed E-state index contributed by atoms with van der Waals surface area (Å²) < 4.78 is 5.52. The molecule has 1 atom stereocenters. The van der Waals surface area contributed by atoms with E-state index in [9.17, 15) is 0 Å². The Kier molecular flexibility index (Phi) is 4.52. The molecular formula is C11H18N4O2. The van der Waals surface area contributed by atoms with E-state index in [1.165, 1.54) is 6.33 Å². The fourth-order valence-corrected chi connectivity index (χ4v) is 1.76. The summed E-state index contributed by atoms with van der Waals surface area (Å²) in [5.74, 6) is 1.49. The van der Waals surface area contributed by atoms with Gasteiger partial charge in [0.1, 0.15) is 18.0 Å². The summed E-state index contributed by atoms with van der Waals surface area (Å²) in [6.45, 7) is 2.21. The molecule has 1 aromatic rings. The third-order valence-corrected chi connectivity index (χ3v) is 2.62. The second kappa shape index (κ2) is 6.36. The number of hydrogen-bond donors (Lipinski definition) is 3. The number of ether oxygens (including phenoxy) is 1. The Morgan fingerprint density at radius 2 is 2.18 bits per heavy atom. The molecule has 1 saturated heterocycles. The van der Waals surface area contributed by atoms with Crippen LogP contribution in [0.3, 0.4) is 0 Å². The number of hydrogen-bond acceptors (Lipinski definition) is 6. The Hall–Kier alpha value is -1.40. The van der Waals surface area contributed by atoms with Crippen molar-refractivity contribution in [1.82, 2.24) is 9.97 Å². The molecular weight excluding hydrogens is 220 g/mol. The van der Waals surface area contributed by atoms with Gasteiger partial charge in [-0.05, 0) is 12.8 Å². The molecule has 6 heteroatoms. The fourth-order valence-electron chi connectivity index (χ4n) is 1.76. The molecule has 0 bridgehead atoms. The minimum absolute atomic E-state index is 0.0860. The average molecular weight is 238 g/mol. The van der Waals surface area contributed by atoms with E-state index in [2.05, 4.69) is 20.6 Å². The highest BCUT2D eigenvalue weighted by atomic mass is 16.5. The molecule has 1 aliphatic rings. The van der Waals surface area contributed by atoms with E-state index in [1.54, 1.807) is 0 Å². The van der Waals surface area contributed by atoms with Crippen LogP contribution in [0.4, 0.5) is 11.6 Å². The summed E-state index contributed by atoms with van der Waals surface area (Å²) in [4.78, 5) is 8.18. The highest BCUT2D eigenvalue weighted by Crippen LogP contribution is 2.13. The zero-order chi connectivity index (χ0) is 11.9. The lowest BCUT2D eigenvalue weighted by Crippen LogP contribution is -2.19. The van der Waals surface area contributed by atoms with E-state index < -0.39 is 0 Å². The van der Waals surface area contributed by atoms with Gasteiger partial charge >= 0.3 is 0 Å². The van der Waals surface area contributed by atoms with Gasteiger partial charge < -0.3 is 20.5 Å². The summed E-state index contributed by atoms with van der Waals surface area (Å²) in [6.07, 6.45) is 4.03. The lowest BCUT2D eigenvalue weighted by atomic mass is 10.2. The number of nitrogens with zero attached hydrogens (tertiary/aromatic N) is 2. The van der Waals surface area contributed by atoms with Crippen molar-refractivity contribution in [3.8, 4) is 0 Å². The minimum Gasteiger partial charge on any atom is -0.395 e. The van der Waals surface area contributed by atoms with Crippen LogP contribution in [-0.2, 0) is 4.74 Å². The van der Waals surface area contributed by atoms with Crippen molar-refractivity contribution < 1.29 is 9.84 Å². The van der Waals surface area contributed by atoms with Gasteiger partial charge in [0.25, 0.3) is 0 Å². The maximum Gasteiger partial charge on any atom is 0.131 e. The summed E-state index contributed by atoms with van der Waals surface area (Å²) in [5, 5.41) is 14.9. The SMILES string of the molecule is OCCNc1cc(NCC2CCCO2)ncn1. The number of aliphatic hydroxyl groups is 1. The number of anilines is 2. The first-order valence-electron chi connectivity index (χ1n) is 5.91. The van der Waals surface area contributed by atoms with Crippen molar-refractivity contribution >= 4 is 11.6 Å². The van der Waals surface area contributed by atoms with Crippen molar-refractivity contribution in [3.63, 3.8) is 0 Å². The third-order valence-electron chi connectivity index (χ3n) is 2.62. The van der Waals surface area contributed by atoms with Crippen LogP contribution in [0.1, 0.15) is 12.8 Å². The lowest BCUT2D eigenvalue weighted by Gasteiger charge is -2.11. The predicted molar refractivity (Wildman–Crippen MR) is 65.1 cm³/mol. The smallest absolute Gasteiger partial charge is 0.131 e. The normalized spacial score (nSPS) is 19.2. The van der Waals surface area contributed by atoms with E-state index in [-0.39, 0.29) is 6.61 Å².